The van der Waals surface area contributed by atoms with Crippen LogP contribution in [0.15, 0.2) is 180 Å². The molecule has 242 valence electrons. The molecular weight excluding hydrogens is 619 g/mol. The van der Waals surface area contributed by atoms with Crippen molar-refractivity contribution < 1.29 is 4.42 Å². The third kappa shape index (κ3) is 4.64. The number of hydrogen-bond donors (Lipinski definition) is 0. The monoisotopic (exact) mass is 653 g/mol. The Hall–Kier alpha value is -6.38. The van der Waals surface area contributed by atoms with Crippen LogP contribution < -0.4 is 4.90 Å². The van der Waals surface area contributed by atoms with Gasteiger partial charge in [0.25, 0.3) is 0 Å². The first-order valence-electron chi connectivity index (χ1n) is 17.7. The molecule has 0 radical (unpaired) electrons. The predicted molar refractivity (Wildman–Crippen MR) is 214 cm³/mol. The highest BCUT2D eigenvalue weighted by molar-refractivity contribution is 6.19. The average Bonchev–Trinajstić information content (AvgIpc) is 3.67. The molecule has 0 saturated heterocycles. The van der Waals surface area contributed by atoms with Crippen molar-refractivity contribution in [3.05, 3.63) is 187 Å². The summed E-state index contributed by atoms with van der Waals surface area (Å²) < 4.78 is 6.47. The van der Waals surface area contributed by atoms with Crippen LogP contribution >= 0.6 is 0 Å². The molecular formula is C49H35NO. The van der Waals surface area contributed by atoms with Gasteiger partial charge in [0.2, 0.25) is 0 Å². The van der Waals surface area contributed by atoms with Crippen molar-refractivity contribution in [1.29, 1.82) is 0 Å². The second-order valence-electron chi connectivity index (χ2n) is 14.1. The molecule has 10 rings (SSSR count). The maximum atomic E-state index is 6.47. The van der Waals surface area contributed by atoms with Gasteiger partial charge in [-0.2, -0.15) is 0 Å². The van der Waals surface area contributed by atoms with Crippen LogP contribution in [0.5, 0.6) is 0 Å². The van der Waals surface area contributed by atoms with Crippen molar-refractivity contribution in [2.45, 2.75) is 19.3 Å². The van der Waals surface area contributed by atoms with Crippen molar-refractivity contribution in [2.75, 3.05) is 4.90 Å². The molecule has 2 nitrogen and oxygen atoms in total. The Morgan fingerprint density at radius 1 is 0.431 bits per heavy atom. The smallest absolute Gasteiger partial charge is 0.136 e. The Morgan fingerprint density at radius 2 is 1.08 bits per heavy atom. The lowest BCUT2D eigenvalue weighted by atomic mass is 9.81. The van der Waals surface area contributed by atoms with Crippen LogP contribution in [0.3, 0.4) is 0 Å². The Kier molecular flexibility index (Phi) is 6.56. The highest BCUT2D eigenvalue weighted by atomic mass is 16.3. The number of benzene rings is 8. The molecule has 0 amide bonds. The molecule has 1 heterocycles. The maximum absolute atomic E-state index is 6.47. The summed E-state index contributed by atoms with van der Waals surface area (Å²) in [5, 5.41) is 4.67. The molecule has 2 heteroatoms. The van der Waals surface area contributed by atoms with Crippen LogP contribution in [-0.2, 0) is 5.41 Å². The average molecular weight is 654 g/mol. The number of nitrogens with zero attached hydrogens (tertiary/aromatic N) is 1. The lowest BCUT2D eigenvalue weighted by Gasteiger charge is -2.30. The molecule has 8 aromatic carbocycles. The minimum atomic E-state index is -0.119. The van der Waals surface area contributed by atoms with Gasteiger partial charge in [0, 0.05) is 33.1 Å². The topological polar surface area (TPSA) is 16.4 Å². The normalized spacial score (nSPS) is 13.1. The first kappa shape index (κ1) is 29.5. The van der Waals surface area contributed by atoms with Crippen molar-refractivity contribution in [1.82, 2.24) is 0 Å². The number of rotatable bonds is 5. The highest BCUT2D eigenvalue weighted by Gasteiger charge is 2.37. The third-order valence-corrected chi connectivity index (χ3v) is 10.9. The fourth-order valence-electron chi connectivity index (χ4n) is 8.31. The van der Waals surface area contributed by atoms with Gasteiger partial charge in [0.1, 0.15) is 11.2 Å². The van der Waals surface area contributed by atoms with Gasteiger partial charge in [-0.15, -0.1) is 0 Å². The van der Waals surface area contributed by atoms with Gasteiger partial charge in [-0.25, -0.2) is 0 Å². The minimum absolute atomic E-state index is 0.119. The second-order valence-corrected chi connectivity index (χ2v) is 14.1. The number of hydrogen-bond acceptors (Lipinski definition) is 2. The molecule has 0 N–H and O–H groups in total. The lowest BCUT2D eigenvalue weighted by Crippen LogP contribution is -2.16. The predicted octanol–water partition coefficient (Wildman–Crippen LogP) is 13.8. The van der Waals surface area contributed by atoms with Crippen LogP contribution in [0.25, 0.3) is 66.1 Å². The summed E-state index contributed by atoms with van der Waals surface area (Å²) in [4.78, 5) is 2.44. The van der Waals surface area contributed by atoms with E-state index in [0.29, 0.717) is 0 Å². The van der Waals surface area contributed by atoms with Crippen LogP contribution in [0.2, 0.25) is 0 Å². The quantitative estimate of drug-likeness (QED) is 0.184. The summed E-state index contributed by atoms with van der Waals surface area (Å²) in [7, 11) is 0. The van der Waals surface area contributed by atoms with Gasteiger partial charge in [-0.1, -0.05) is 141 Å². The maximum Gasteiger partial charge on any atom is 0.136 e. The van der Waals surface area contributed by atoms with E-state index in [2.05, 4.69) is 195 Å². The Morgan fingerprint density at radius 3 is 1.88 bits per heavy atom. The lowest BCUT2D eigenvalue weighted by molar-refractivity contribution is 0.660. The molecule has 0 fully saturated rings. The van der Waals surface area contributed by atoms with Crippen molar-refractivity contribution >= 4 is 49.8 Å². The van der Waals surface area contributed by atoms with E-state index in [-0.39, 0.29) is 5.41 Å². The molecule has 0 saturated carbocycles. The summed E-state index contributed by atoms with van der Waals surface area (Å²) in [6.45, 7) is 4.71. The third-order valence-electron chi connectivity index (χ3n) is 10.9. The van der Waals surface area contributed by atoms with E-state index in [4.69, 9.17) is 4.42 Å². The van der Waals surface area contributed by atoms with Crippen LogP contribution in [0.4, 0.5) is 17.1 Å². The fraction of sp³-hybridized carbons (Fsp3) is 0.0612. The molecule has 1 aliphatic carbocycles. The van der Waals surface area contributed by atoms with Crippen LogP contribution in [0, 0.1) is 0 Å². The molecule has 51 heavy (non-hydrogen) atoms. The molecule has 0 atom stereocenters. The van der Waals surface area contributed by atoms with Gasteiger partial charge in [-0.3, -0.25) is 0 Å². The second kappa shape index (κ2) is 11.3. The number of anilines is 3. The van der Waals surface area contributed by atoms with Crippen LogP contribution in [0.1, 0.15) is 25.0 Å². The zero-order valence-electron chi connectivity index (χ0n) is 28.6. The van der Waals surface area contributed by atoms with Gasteiger partial charge in [-0.05, 0) is 98.2 Å². The van der Waals surface area contributed by atoms with Crippen molar-refractivity contribution in [2.24, 2.45) is 0 Å². The SMILES string of the molecule is CC1(C)c2ccccc2-c2cc(N(c3ccc(-c4ccccc4)cc3)c3ccc4oc5ccc6ccccc6c5c4c3)c(-c3ccccc3)cc21. The molecule has 9 aromatic rings. The Balaban J connectivity index is 1.26. The molecule has 0 aliphatic heterocycles. The summed E-state index contributed by atoms with van der Waals surface area (Å²) in [5.74, 6) is 0. The first-order valence-corrected chi connectivity index (χ1v) is 17.7. The van der Waals surface area contributed by atoms with Gasteiger partial charge < -0.3 is 9.32 Å². The first-order chi connectivity index (χ1) is 25.0. The highest BCUT2D eigenvalue weighted by Crippen LogP contribution is 2.53. The molecule has 0 bridgehead atoms. The zero-order valence-corrected chi connectivity index (χ0v) is 28.6. The Labute approximate surface area is 297 Å². The molecule has 1 aromatic heterocycles. The summed E-state index contributed by atoms with van der Waals surface area (Å²) in [6, 6.07) is 63.7. The van der Waals surface area contributed by atoms with Gasteiger partial charge in [0.05, 0.1) is 5.69 Å². The van der Waals surface area contributed by atoms with Crippen molar-refractivity contribution in [3.63, 3.8) is 0 Å². The summed E-state index contributed by atoms with van der Waals surface area (Å²) in [5.41, 5.74) is 15.1. The number of furan rings is 1. The van der Waals surface area contributed by atoms with E-state index in [1.807, 2.05) is 0 Å². The number of fused-ring (bicyclic) bond motifs is 8. The zero-order chi connectivity index (χ0) is 34.1. The summed E-state index contributed by atoms with van der Waals surface area (Å²) in [6.07, 6.45) is 0. The van der Waals surface area contributed by atoms with Crippen LogP contribution in [-0.4, -0.2) is 0 Å². The van der Waals surface area contributed by atoms with Crippen molar-refractivity contribution in [3.8, 4) is 33.4 Å². The standard InChI is InChI=1S/C49H35NO/c1-49(2)43-20-12-11-19-39(43)41-31-45(40(30-44(41)49)34-15-7-4-8-16-34)50(36-24-21-33(22-25-36)32-13-5-3-6-14-32)37-26-28-46-42(29-37)48-38-18-10-9-17-35(38)23-27-47(48)51-46/h3-31H,1-2H3. The molecule has 0 unspecified atom stereocenters. The molecule has 1 aliphatic rings. The van der Waals surface area contributed by atoms with E-state index >= 15 is 0 Å². The van der Waals surface area contributed by atoms with E-state index in [9.17, 15) is 0 Å². The summed E-state index contributed by atoms with van der Waals surface area (Å²) >= 11 is 0. The fourth-order valence-corrected chi connectivity index (χ4v) is 8.31. The van der Waals surface area contributed by atoms with E-state index in [1.54, 1.807) is 0 Å². The molecule has 0 spiro atoms. The van der Waals surface area contributed by atoms with E-state index in [1.165, 1.54) is 55.3 Å². The Bertz CT molecular complexity index is 2760. The largest absolute Gasteiger partial charge is 0.456 e. The van der Waals surface area contributed by atoms with Gasteiger partial charge >= 0.3 is 0 Å². The van der Waals surface area contributed by atoms with Gasteiger partial charge in [0.15, 0.2) is 0 Å². The van der Waals surface area contributed by atoms with E-state index in [0.717, 1.165) is 39.0 Å². The minimum Gasteiger partial charge on any atom is -0.456 e. The van der Waals surface area contributed by atoms with E-state index < -0.39 is 0 Å².